The van der Waals surface area contributed by atoms with Crippen LogP contribution in [0, 0.1) is 0 Å². The molecule has 1 aromatic heterocycles. The van der Waals surface area contributed by atoms with Crippen LogP contribution in [0.5, 0.6) is 0 Å². The average molecular weight is 209 g/mol. The number of para-hydroxylation sites is 1. The quantitative estimate of drug-likeness (QED) is 0.728. The number of halogens is 1. The predicted molar refractivity (Wildman–Crippen MR) is 56.1 cm³/mol. The van der Waals surface area contributed by atoms with Gasteiger partial charge in [-0.2, -0.15) is 0 Å². The van der Waals surface area contributed by atoms with E-state index in [1.807, 2.05) is 24.3 Å². The van der Waals surface area contributed by atoms with Crippen LogP contribution in [0.25, 0.3) is 10.9 Å². The Balaban J connectivity index is 2.58. The van der Waals surface area contributed by atoms with Crippen molar-refractivity contribution in [2.45, 2.75) is 5.38 Å². The first-order chi connectivity index (χ1) is 6.70. The summed E-state index contributed by atoms with van der Waals surface area (Å²) in [5, 5.41) is 0.164. The highest BCUT2D eigenvalue weighted by Gasteiger charge is 2.17. The zero-order valence-electron chi connectivity index (χ0n) is 7.33. The van der Waals surface area contributed by atoms with E-state index in [0.717, 1.165) is 16.5 Å². The highest BCUT2D eigenvalue weighted by molar-refractivity contribution is 6.31. The zero-order chi connectivity index (χ0) is 10.1. The van der Waals surface area contributed by atoms with Crippen LogP contribution in [0.3, 0.4) is 0 Å². The average Bonchev–Trinajstić information content (AvgIpc) is 2.60. The minimum absolute atomic E-state index is 0.531. The standard InChI is InChI=1S/C10H9ClN2O/c11-9(10(12)14)7-5-13-8-4-2-1-3-6(7)8/h1-5,9,13H,(H2,12,14). The van der Waals surface area contributed by atoms with Gasteiger partial charge in [-0.15, -0.1) is 11.6 Å². The highest BCUT2D eigenvalue weighted by atomic mass is 35.5. The molecular formula is C10H9ClN2O. The van der Waals surface area contributed by atoms with Gasteiger partial charge in [-0.25, -0.2) is 0 Å². The summed E-state index contributed by atoms with van der Waals surface area (Å²) in [4.78, 5) is 13.9. The molecule has 1 amide bonds. The summed E-state index contributed by atoms with van der Waals surface area (Å²) in [5.41, 5.74) is 6.82. The van der Waals surface area contributed by atoms with E-state index in [-0.39, 0.29) is 0 Å². The second-order valence-electron chi connectivity index (χ2n) is 3.05. The summed E-state index contributed by atoms with van der Waals surface area (Å²) in [6, 6.07) is 7.63. The lowest BCUT2D eigenvalue weighted by atomic mass is 10.1. The van der Waals surface area contributed by atoms with Crippen molar-refractivity contribution in [2.75, 3.05) is 0 Å². The Labute approximate surface area is 85.9 Å². The number of rotatable bonds is 2. The van der Waals surface area contributed by atoms with Crippen LogP contribution < -0.4 is 5.73 Å². The van der Waals surface area contributed by atoms with Gasteiger partial charge < -0.3 is 10.7 Å². The van der Waals surface area contributed by atoms with Gasteiger partial charge in [0.15, 0.2) is 0 Å². The molecule has 0 aliphatic carbocycles. The number of alkyl halides is 1. The van der Waals surface area contributed by atoms with E-state index in [1.54, 1.807) is 6.20 Å². The molecule has 1 aromatic carbocycles. The van der Waals surface area contributed by atoms with Crippen molar-refractivity contribution in [3.63, 3.8) is 0 Å². The molecule has 0 aliphatic rings. The number of nitrogens with one attached hydrogen (secondary N) is 1. The number of fused-ring (bicyclic) bond motifs is 1. The summed E-state index contributed by atoms with van der Waals surface area (Å²) in [6.07, 6.45) is 1.72. The fraction of sp³-hybridized carbons (Fsp3) is 0.100. The molecule has 14 heavy (non-hydrogen) atoms. The number of H-pyrrole nitrogens is 1. The van der Waals surface area contributed by atoms with Crippen molar-refractivity contribution in [3.05, 3.63) is 36.0 Å². The molecule has 2 aromatic rings. The minimum Gasteiger partial charge on any atom is -0.368 e. The maximum Gasteiger partial charge on any atom is 0.240 e. The summed E-state index contributed by atoms with van der Waals surface area (Å²) < 4.78 is 0. The minimum atomic E-state index is -0.772. The predicted octanol–water partition coefficient (Wildman–Crippen LogP) is 1.93. The number of aromatic amines is 1. The molecule has 0 spiro atoms. The van der Waals surface area contributed by atoms with E-state index in [0.29, 0.717) is 0 Å². The Morgan fingerprint density at radius 2 is 2.14 bits per heavy atom. The third kappa shape index (κ3) is 1.36. The van der Waals surface area contributed by atoms with Gasteiger partial charge in [0.2, 0.25) is 5.91 Å². The molecule has 1 unspecified atom stereocenters. The Morgan fingerprint density at radius 1 is 1.43 bits per heavy atom. The normalized spacial score (nSPS) is 12.9. The first kappa shape index (κ1) is 9.09. The molecule has 0 fully saturated rings. The number of hydrogen-bond acceptors (Lipinski definition) is 1. The van der Waals surface area contributed by atoms with Gasteiger partial charge in [-0.3, -0.25) is 4.79 Å². The Kier molecular flexibility index (Phi) is 2.17. The van der Waals surface area contributed by atoms with Gasteiger partial charge >= 0.3 is 0 Å². The van der Waals surface area contributed by atoms with Crippen molar-refractivity contribution in [1.29, 1.82) is 0 Å². The first-order valence-corrected chi connectivity index (χ1v) is 4.63. The maximum absolute atomic E-state index is 10.9. The molecule has 3 N–H and O–H groups in total. The second kappa shape index (κ2) is 3.35. The molecule has 0 aliphatic heterocycles. The SMILES string of the molecule is NC(=O)C(Cl)c1c[nH]c2ccccc12. The van der Waals surface area contributed by atoms with Gasteiger partial charge in [-0.05, 0) is 6.07 Å². The molecule has 0 saturated carbocycles. The summed E-state index contributed by atoms with van der Waals surface area (Å²) in [6.45, 7) is 0. The van der Waals surface area contributed by atoms with Crippen LogP contribution in [0.2, 0.25) is 0 Å². The van der Waals surface area contributed by atoms with Crippen LogP contribution >= 0.6 is 11.6 Å². The molecule has 3 nitrogen and oxygen atoms in total. The number of primary amides is 1. The number of carbonyl (C=O) groups excluding carboxylic acids is 1. The largest absolute Gasteiger partial charge is 0.368 e. The van der Waals surface area contributed by atoms with Gasteiger partial charge in [0.05, 0.1) is 0 Å². The molecule has 72 valence electrons. The van der Waals surface area contributed by atoms with Gasteiger partial charge in [0, 0.05) is 22.7 Å². The van der Waals surface area contributed by atoms with Crippen molar-refractivity contribution >= 4 is 28.4 Å². The number of aromatic nitrogens is 1. The molecule has 0 saturated heterocycles. The molecule has 2 rings (SSSR count). The number of benzene rings is 1. The number of carbonyl (C=O) groups is 1. The van der Waals surface area contributed by atoms with Crippen LogP contribution in [-0.2, 0) is 4.79 Å². The van der Waals surface area contributed by atoms with E-state index in [2.05, 4.69) is 4.98 Å². The van der Waals surface area contributed by atoms with Crippen molar-refractivity contribution < 1.29 is 4.79 Å². The summed E-state index contributed by atoms with van der Waals surface area (Å²) >= 11 is 5.87. The van der Waals surface area contributed by atoms with E-state index in [1.165, 1.54) is 0 Å². The summed E-state index contributed by atoms with van der Waals surface area (Å²) in [5.74, 6) is -0.531. The zero-order valence-corrected chi connectivity index (χ0v) is 8.08. The van der Waals surface area contributed by atoms with Gasteiger partial charge in [-0.1, -0.05) is 18.2 Å². The smallest absolute Gasteiger partial charge is 0.240 e. The Hall–Kier alpha value is -1.48. The van der Waals surface area contributed by atoms with E-state index in [4.69, 9.17) is 17.3 Å². The van der Waals surface area contributed by atoms with Crippen LogP contribution in [0.4, 0.5) is 0 Å². The monoisotopic (exact) mass is 208 g/mol. The topological polar surface area (TPSA) is 58.9 Å². The lowest BCUT2D eigenvalue weighted by Crippen LogP contribution is -2.16. The van der Waals surface area contributed by atoms with Gasteiger partial charge in [0.1, 0.15) is 5.38 Å². The lowest BCUT2D eigenvalue weighted by Gasteiger charge is -2.02. The Bertz CT molecular complexity index is 478. The number of nitrogens with two attached hydrogens (primary N) is 1. The third-order valence-electron chi connectivity index (χ3n) is 2.14. The number of amides is 1. The second-order valence-corrected chi connectivity index (χ2v) is 3.49. The Morgan fingerprint density at radius 3 is 2.86 bits per heavy atom. The lowest BCUT2D eigenvalue weighted by molar-refractivity contribution is -0.117. The molecule has 4 heteroatoms. The number of hydrogen-bond donors (Lipinski definition) is 2. The molecule has 0 radical (unpaired) electrons. The molecule has 1 heterocycles. The van der Waals surface area contributed by atoms with Crippen LogP contribution in [-0.4, -0.2) is 10.9 Å². The van der Waals surface area contributed by atoms with Crippen molar-refractivity contribution in [3.8, 4) is 0 Å². The fourth-order valence-corrected chi connectivity index (χ4v) is 1.64. The molecular weight excluding hydrogens is 200 g/mol. The van der Waals surface area contributed by atoms with E-state index >= 15 is 0 Å². The van der Waals surface area contributed by atoms with Crippen LogP contribution in [0.15, 0.2) is 30.5 Å². The third-order valence-corrected chi connectivity index (χ3v) is 2.59. The summed E-state index contributed by atoms with van der Waals surface area (Å²) in [7, 11) is 0. The maximum atomic E-state index is 10.9. The van der Waals surface area contributed by atoms with Crippen molar-refractivity contribution in [2.24, 2.45) is 5.73 Å². The van der Waals surface area contributed by atoms with Crippen molar-refractivity contribution in [1.82, 2.24) is 4.98 Å². The first-order valence-electron chi connectivity index (χ1n) is 4.19. The van der Waals surface area contributed by atoms with E-state index in [9.17, 15) is 4.79 Å². The van der Waals surface area contributed by atoms with E-state index < -0.39 is 11.3 Å². The fourth-order valence-electron chi connectivity index (χ4n) is 1.46. The van der Waals surface area contributed by atoms with Crippen LogP contribution in [0.1, 0.15) is 10.9 Å². The molecule has 1 atom stereocenters. The van der Waals surface area contributed by atoms with Gasteiger partial charge in [0.25, 0.3) is 0 Å². The molecule has 0 bridgehead atoms. The highest BCUT2D eigenvalue weighted by Crippen LogP contribution is 2.27.